The van der Waals surface area contributed by atoms with E-state index in [1.165, 1.54) is 0 Å². The van der Waals surface area contributed by atoms with Crippen LogP contribution in [0.1, 0.15) is 24.0 Å². The average molecular weight is 219 g/mol. The second kappa shape index (κ2) is 3.91. The van der Waals surface area contributed by atoms with E-state index in [1.54, 1.807) is 0 Å². The van der Waals surface area contributed by atoms with Crippen LogP contribution in [0.2, 0.25) is 0 Å². The van der Waals surface area contributed by atoms with Crippen molar-refractivity contribution in [1.29, 1.82) is 0 Å². The summed E-state index contributed by atoms with van der Waals surface area (Å²) in [5.74, 6) is -0.359. The monoisotopic (exact) mass is 219 g/mol. The topological polar surface area (TPSA) is 63.3 Å². The summed E-state index contributed by atoms with van der Waals surface area (Å²) in [6.45, 7) is 2.55. The van der Waals surface area contributed by atoms with E-state index in [2.05, 4.69) is 0 Å². The molecule has 86 valence electrons. The molecule has 0 radical (unpaired) electrons. The van der Waals surface area contributed by atoms with Gasteiger partial charge in [0, 0.05) is 0 Å². The van der Waals surface area contributed by atoms with Crippen molar-refractivity contribution in [2.45, 2.75) is 25.2 Å². The molecule has 3 N–H and O–H groups in total. The zero-order valence-corrected chi connectivity index (χ0v) is 9.44. The number of aryl methyl sites for hydroxylation is 1. The Kier molecular flexibility index (Phi) is 2.72. The molecule has 1 aliphatic rings. The van der Waals surface area contributed by atoms with E-state index >= 15 is 0 Å². The first-order valence-electron chi connectivity index (χ1n) is 5.60. The van der Waals surface area contributed by atoms with Crippen molar-refractivity contribution in [2.24, 2.45) is 11.7 Å². The number of hydrogen-bond acceptors (Lipinski definition) is 2. The molecule has 0 unspecified atom stereocenters. The van der Waals surface area contributed by atoms with Crippen LogP contribution in [0, 0.1) is 12.8 Å². The number of rotatable bonds is 3. The maximum Gasteiger partial charge on any atom is 0.314 e. The fourth-order valence-corrected chi connectivity index (χ4v) is 2.71. The van der Waals surface area contributed by atoms with Gasteiger partial charge in [-0.1, -0.05) is 24.3 Å². The van der Waals surface area contributed by atoms with Crippen molar-refractivity contribution in [3.8, 4) is 0 Å². The van der Waals surface area contributed by atoms with Crippen LogP contribution in [-0.2, 0) is 10.2 Å². The summed E-state index contributed by atoms with van der Waals surface area (Å²) in [7, 11) is 0. The number of aliphatic carboxylic acids is 1. The SMILES string of the molecule is Cc1ccccc1C1(C(=O)O)CC(CN)C1. The summed E-state index contributed by atoms with van der Waals surface area (Å²) in [5.41, 5.74) is 6.90. The van der Waals surface area contributed by atoms with E-state index in [1.807, 2.05) is 31.2 Å². The predicted octanol–water partition coefficient (Wildman–Crippen LogP) is 1.69. The van der Waals surface area contributed by atoms with E-state index in [0.29, 0.717) is 25.3 Å². The van der Waals surface area contributed by atoms with E-state index in [4.69, 9.17) is 5.73 Å². The molecule has 2 rings (SSSR count). The Morgan fingerprint density at radius 2 is 2.12 bits per heavy atom. The Labute approximate surface area is 95.3 Å². The molecule has 0 amide bonds. The lowest BCUT2D eigenvalue weighted by Crippen LogP contribution is -2.50. The van der Waals surface area contributed by atoms with Gasteiger partial charge in [-0.05, 0) is 43.4 Å². The van der Waals surface area contributed by atoms with Gasteiger partial charge >= 0.3 is 5.97 Å². The maximum atomic E-state index is 11.5. The van der Waals surface area contributed by atoms with Gasteiger partial charge in [0.05, 0.1) is 5.41 Å². The molecule has 1 aliphatic carbocycles. The molecule has 0 aromatic heterocycles. The van der Waals surface area contributed by atoms with E-state index < -0.39 is 11.4 Å². The van der Waals surface area contributed by atoms with Gasteiger partial charge in [0.25, 0.3) is 0 Å². The molecular formula is C13H17NO2. The standard InChI is InChI=1S/C13H17NO2/c1-9-4-2-3-5-11(9)13(12(15)16)6-10(7-13)8-14/h2-5,10H,6-8,14H2,1H3,(H,15,16). The summed E-state index contributed by atoms with van der Waals surface area (Å²) in [4.78, 5) is 11.5. The molecule has 1 saturated carbocycles. The third-order valence-corrected chi connectivity index (χ3v) is 3.68. The zero-order valence-electron chi connectivity index (χ0n) is 9.44. The highest BCUT2D eigenvalue weighted by Crippen LogP contribution is 2.48. The van der Waals surface area contributed by atoms with Gasteiger partial charge < -0.3 is 10.8 Å². The van der Waals surface area contributed by atoms with Gasteiger partial charge in [-0.15, -0.1) is 0 Å². The minimum absolute atomic E-state index is 0.357. The van der Waals surface area contributed by atoms with Gasteiger partial charge in [-0.3, -0.25) is 4.79 Å². The molecule has 16 heavy (non-hydrogen) atoms. The second-order valence-electron chi connectivity index (χ2n) is 4.71. The number of hydrogen-bond donors (Lipinski definition) is 2. The first-order chi connectivity index (χ1) is 7.60. The summed E-state index contributed by atoms with van der Waals surface area (Å²) < 4.78 is 0. The zero-order chi connectivity index (χ0) is 11.8. The van der Waals surface area contributed by atoms with Crippen molar-refractivity contribution >= 4 is 5.97 Å². The molecule has 0 bridgehead atoms. The fourth-order valence-electron chi connectivity index (χ4n) is 2.71. The molecule has 0 saturated heterocycles. The molecule has 0 aliphatic heterocycles. The molecular weight excluding hydrogens is 202 g/mol. The normalized spacial score (nSPS) is 28.5. The van der Waals surface area contributed by atoms with Crippen LogP contribution in [0.5, 0.6) is 0 Å². The lowest BCUT2D eigenvalue weighted by Gasteiger charge is -2.45. The molecule has 1 fully saturated rings. The Hall–Kier alpha value is -1.35. The van der Waals surface area contributed by atoms with Crippen LogP contribution in [0.4, 0.5) is 0 Å². The fraction of sp³-hybridized carbons (Fsp3) is 0.462. The van der Waals surface area contributed by atoms with Crippen LogP contribution < -0.4 is 5.73 Å². The van der Waals surface area contributed by atoms with Crippen LogP contribution in [0.25, 0.3) is 0 Å². The smallest absolute Gasteiger partial charge is 0.314 e. The Bertz CT molecular complexity index is 408. The number of benzene rings is 1. The van der Waals surface area contributed by atoms with Gasteiger partial charge in [-0.25, -0.2) is 0 Å². The van der Waals surface area contributed by atoms with Crippen molar-refractivity contribution in [1.82, 2.24) is 0 Å². The van der Waals surface area contributed by atoms with Gasteiger partial charge in [0.15, 0.2) is 0 Å². The highest BCUT2D eigenvalue weighted by Gasteiger charge is 2.51. The summed E-state index contributed by atoms with van der Waals surface area (Å²) in [6.07, 6.45) is 1.34. The van der Waals surface area contributed by atoms with Gasteiger partial charge in [0.2, 0.25) is 0 Å². The third kappa shape index (κ3) is 1.52. The minimum Gasteiger partial charge on any atom is -0.481 e. The highest BCUT2D eigenvalue weighted by molar-refractivity contribution is 5.83. The number of nitrogens with two attached hydrogens (primary N) is 1. The maximum absolute atomic E-state index is 11.5. The number of carboxylic acids is 1. The van der Waals surface area contributed by atoms with E-state index in [0.717, 1.165) is 11.1 Å². The molecule has 3 nitrogen and oxygen atoms in total. The van der Waals surface area contributed by atoms with Crippen molar-refractivity contribution < 1.29 is 9.90 Å². The summed E-state index contributed by atoms with van der Waals surface area (Å²) in [6, 6.07) is 7.74. The highest BCUT2D eigenvalue weighted by atomic mass is 16.4. The molecule has 0 atom stereocenters. The molecule has 0 heterocycles. The summed E-state index contributed by atoms with van der Waals surface area (Å²) >= 11 is 0. The van der Waals surface area contributed by atoms with Crippen LogP contribution in [0.15, 0.2) is 24.3 Å². The van der Waals surface area contributed by atoms with Gasteiger partial charge in [-0.2, -0.15) is 0 Å². The lowest BCUT2D eigenvalue weighted by molar-refractivity contribution is -0.149. The lowest BCUT2D eigenvalue weighted by atomic mass is 9.58. The molecule has 1 aromatic carbocycles. The predicted molar refractivity (Wildman–Crippen MR) is 62.3 cm³/mol. The molecule has 3 heteroatoms. The summed E-state index contributed by atoms with van der Waals surface area (Å²) in [5, 5.41) is 9.43. The second-order valence-corrected chi connectivity index (χ2v) is 4.71. The Morgan fingerprint density at radius 1 is 1.50 bits per heavy atom. The average Bonchev–Trinajstić information content (AvgIpc) is 2.19. The molecule has 0 spiro atoms. The number of carboxylic acid groups (broad SMARTS) is 1. The first-order valence-corrected chi connectivity index (χ1v) is 5.60. The quantitative estimate of drug-likeness (QED) is 0.813. The van der Waals surface area contributed by atoms with Gasteiger partial charge in [0.1, 0.15) is 0 Å². The first kappa shape index (κ1) is 11.1. The van der Waals surface area contributed by atoms with E-state index in [9.17, 15) is 9.90 Å². The number of carbonyl (C=O) groups is 1. The van der Waals surface area contributed by atoms with E-state index in [-0.39, 0.29) is 0 Å². The minimum atomic E-state index is -0.716. The Balaban J connectivity index is 2.36. The van der Waals surface area contributed by atoms with Crippen LogP contribution in [-0.4, -0.2) is 17.6 Å². The van der Waals surface area contributed by atoms with Crippen molar-refractivity contribution in [3.05, 3.63) is 35.4 Å². The third-order valence-electron chi connectivity index (χ3n) is 3.68. The largest absolute Gasteiger partial charge is 0.481 e. The van der Waals surface area contributed by atoms with Crippen molar-refractivity contribution in [2.75, 3.05) is 6.54 Å². The Morgan fingerprint density at radius 3 is 2.62 bits per heavy atom. The van der Waals surface area contributed by atoms with Crippen molar-refractivity contribution in [3.63, 3.8) is 0 Å². The van der Waals surface area contributed by atoms with Crippen LogP contribution >= 0.6 is 0 Å². The molecule has 1 aromatic rings. The van der Waals surface area contributed by atoms with Crippen LogP contribution in [0.3, 0.4) is 0 Å².